The zero-order chi connectivity index (χ0) is 20.5. The molecule has 2 rings (SSSR count). The molecule has 0 aliphatic carbocycles. The number of ether oxygens (including phenoxy) is 1. The van der Waals surface area contributed by atoms with Crippen LogP contribution in [0.3, 0.4) is 0 Å². The molecule has 0 aliphatic rings. The number of rotatable bonds is 8. The molecule has 0 saturated heterocycles. The van der Waals surface area contributed by atoms with Gasteiger partial charge in [0.2, 0.25) is 0 Å². The summed E-state index contributed by atoms with van der Waals surface area (Å²) in [5, 5.41) is 17.1. The lowest BCUT2D eigenvalue weighted by Crippen LogP contribution is -2.34. The van der Waals surface area contributed by atoms with Crippen LogP contribution in [0.15, 0.2) is 47.6 Å². The third kappa shape index (κ3) is 6.06. The first kappa shape index (κ1) is 20.8. The SMILES string of the molecule is CCOc1ccc(C(=O)NCC(=O)N/N=C\c2cc([N+](=O)[O-])ccc2Cl)cc1. The average Bonchev–Trinajstić information content (AvgIpc) is 2.68. The third-order valence-electron chi connectivity index (χ3n) is 3.42. The number of carbonyl (C=O) groups excluding carboxylic acids is 2. The van der Waals surface area contributed by atoms with Crippen molar-refractivity contribution < 1.29 is 19.2 Å². The lowest BCUT2D eigenvalue weighted by molar-refractivity contribution is -0.384. The zero-order valence-electron chi connectivity index (χ0n) is 14.8. The van der Waals surface area contributed by atoms with E-state index in [1.807, 2.05) is 6.92 Å². The van der Waals surface area contributed by atoms with E-state index in [0.717, 1.165) is 0 Å². The fourth-order valence-corrected chi connectivity index (χ4v) is 2.26. The zero-order valence-corrected chi connectivity index (χ0v) is 15.6. The maximum atomic E-state index is 12.0. The third-order valence-corrected chi connectivity index (χ3v) is 3.76. The van der Waals surface area contributed by atoms with Gasteiger partial charge in [-0.15, -0.1) is 0 Å². The Morgan fingerprint density at radius 2 is 1.96 bits per heavy atom. The second-order valence-corrected chi connectivity index (χ2v) is 5.80. The predicted octanol–water partition coefficient (Wildman–Crippen LogP) is 2.53. The Bertz CT molecular complexity index is 899. The van der Waals surface area contributed by atoms with Crippen molar-refractivity contribution in [2.24, 2.45) is 5.10 Å². The highest BCUT2D eigenvalue weighted by atomic mass is 35.5. The monoisotopic (exact) mass is 404 g/mol. The van der Waals surface area contributed by atoms with Gasteiger partial charge in [-0.3, -0.25) is 19.7 Å². The molecule has 0 saturated carbocycles. The number of hydrazone groups is 1. The molecule has 10 heteroatoms. The fourth-order valence-electron chi connectivity index (χ4n) is 2.09. The van der Waals surface area contributed by atoms with Gasteiger partial charge < -0.3 is 10.1 Å². The predicted molar refractivity (Wildman–Crippen MR) is 104 cm³/mol. The van der Waals surface area contributed by atoms with Crippen molar-refractivity contribution in [1.29, 1.82) is 0 Å². The first-order valence-electron chi connectivity index (χ1n) is 8.17. The number of nitro benzene ring substituents is 1. The normalized spacial score (nSPS) is 10.5. The summed E-state index contributed by atoms with van der Waals surface area (Å²) >= 11 is 5.93. The number of halogens is 1. The smallest absolute Gasteiger partial charge is 0.270 e. The molecule has 28 heavy (non-hydrogen) atoms. The summed E-state index contributed by atoms with van der Waals surface area (Å²) in [6.07, 6.45) is 1.18. The molecule has 0 aliphatic heterocycles. The van der Waals surface area contributed by atoms with Gasteiger partial charge >= 0.3 is 0 Å². The van der Waals surface area contributed by atoms with Crippen molar-refractivity contribution in [3.63, 3.8) is 0 Å². The Morgan fingerprint density at radius 1 is 1.25 bits per heavy atom. The topological polar surface area (TPSA) is 123 Å². The van der Waals surface area contributed by atoms with Crippen LogP contribution in [0.25, 0.3) is 0 Å². The number of hydrogen-bond donors (Lipinski definition) is 2. The number of nitrogens with zero attached hydrogens (tertiary/aromatic N) is 2. The molecule has 2 amide bonds. The first-order chi connectivity index (χ1) is 13.4. The van der Waals surface area contributed by atoms with Crippen LogP contribution in [0.4, 0.5) is 5.69 Å². The Morgan fingerprint density at radius 3 is 2.61 bits per heavy atom. The molecule has 0 aromatic heterocycles. The van der Waals surface area contributed by atoms with Crippen LogP contribution in [0, 0.1) is 10.1 Å². The van der Waals surface area contributed by atoms with Crippen molar-refractivity contribution in [2.75, 3.05) is 13.2 Å². The van der Waals surface area contributed by atoms with E-state index in [1.165, 1.54) is 24.4 Å². The van der Waals surface area contributed by atoms with Gasteiger partial charge in [0.15, 0.2) is 0 Å². The summed E-state index contributed by atoms with van der Waals surface area (Å²) in [5.74, 6) is -0.355. The Balaban J connectivity index is 1.85. The highest BCUT2D eigenvalue weighted by Crippen LogP contribution is 2.20. The van der Waals surface area contributed by atoms with Gasteiger partial charge in [0.05, 0.1) is 24.3 Å². The largest absolute Gasteiger partial charge is 0.494 e. The number of amides is 2. The van der Waals surface area contributed by atoms with E-state index in [2.05, 4.69) is 15.8 Å². The Kier molecular flexibility index (Phi) is 7.46. The van der Waals surface area contributed by atoms with Crippen molar-refractivity contribution in [3.8, 4) is 5.75 Å². The van der Waals surface area contributed by atoms with Gasteiger partial charge in [-0.05, 0) is 37.3 Å². The van der Waals surface area contributed by atoms with E-state index in [0.29, 0.717) is 17.9 Å². The summed E-state index contributed by atoms with van der Waals surface area (Å²) in [5.41, 5.74) is 2.70. The number of carbonyl (C=O) groups is 2. The lowest BCUT2D eigenvalue weighted by atomic mass is 10.2. The van der Waals surface area contributed by atoms with Gasteiger partial charge in [0, 0.05) is 28.3 Å². The van der Waals surface area contributed by atoms with Gasteiger partial charge in [-0.1, -0.05) is 11.6 Å². The summed E-state index contributed by atoms with van der Waals surface area (Å²) in [7, 11) is 0. The summed E-state index contributed by atoms with van der Waals surface area (Å²) in [6.45, 7) is 2.08. The molecule has 0 fully saturated rings. The summed E-state index contributed by atoms with van der Waals surface area (Å²) in [4.78, 5) is 34.0. The molecule has 146 valence electrons. The highest BCUT2D eigenvalue weighted by Gasteiger charge is 2.09. The molecular formula is C18H17ClN4O5. The maximum absolute atomic E-state index is 12.0. The van der Waals surface area contributed by atoms with Crippen molar-refractivity contribution >= 4 is 35.3 Å². The van der Waals surface area contributed by atoms with E-state index < -0.39 is 16.7 Å². The molecule has 0 heterocycles. The summed E-state index contributed by atoms with van der Waals surface area (Å²) in [6, 6.07) is 10.3. The van der Waals surface area contributed by atoms with E-state index >= 15 is 0 Å². The molecule has 0 atom stereocenters. The average molecular weight is 405 g/mol. The molecule has 0 radical (unpaired) electrons. The minimum absolute atomic E-state index is 0.153. The highest BCUT2D eigenvalue weighted by molar-refractivity contribution is 6.33. The molecule has 2 aromatic rings. The molecule has 9 nitrogen and oxygen atoms in total. The number of nitro groups is 1. The van der Waals surface area contributed by atoms with Crippen molar-refractivity contribution in [1.82, 2.24) is 10.7 Å². The quantitative estimate of drug-likeness (QED) is 0.397. The van der Waals surface area contributed by atoms with E-state index in [4.69, 9.17) is 16.3 Å². The van der Waals surface area contributed by atoms with E-state index in [-0.39, 0.29) is 22.8 Å². The molecule has 0 bridgehead atoms. The Labute approximate surface area is 165 Å². The van der Waals surface area contributed by atoms with Crippen LogP contribution >= 0.6 is 11.6 Å². The van der Waals surface area contributed by atoms with Gasteiger partial charge in [-0.25, -0.2) is 5.43 Å². The minimum atomic E-state index is -0.572. The van der Waals surface area contributed by atoms with Gasteiger partial charge in [-0.2, -0.15) is 5.10 Å². The Hall–Kier alpha value is -3.46. The molecule has 2 aromatic carbocycles. The minimum Gasteiger partial charge on any atom is -0.494 e. The lowest BCUT2D eigenvalue weighted by Gasteiger charge is -2.06. The van der Waals surface area contributed by atoms with Crippen molar-refractivity contribution in [3.05, 3.63) is 68.7 Å². The first-order valence-corrected chi connectivity index (χ1v) is 8.55. The number of non-ortho nitro benzene ring substituents is 1. The van der Waals surface area contributed by atoms with Crippen LogP contribution in [-0.2, 0) is 4.79 Å². The van der Waals surface area contributed by atoms with Crippen LogP contribution in [-0.4, -0.2) is 36.1 Å². The molecule has 0 unspecified atom stereocenters. The van der Waals surface area contributed by atoms with Crippen LogP contribution in [0.2, 0.25) is 5.02 Å². The van der Waals surface area contributed by atoms with Crippen LogP contribution in [0.5, 0.6) is 5.75 Å². The number of hydrogen-bond acceptors (Lipinski definition) is 6. The van der Waals surface area contributed by atoms with Crippen molar-refractivity contribution in [2.45, 2.75) is 6.92 Å². The van der Waals surface area contributed by atoms with Crippen LogP contribution < -0.4 is 15.5 Å². The van der Waals surface area contributed by atoms with Crippen LogP contribution in [0.1, 0.15) is 22.8 Å². The van der Waals surface area contributed by atoms with Gasteiger partial charge in [0.25, 0.3) is 17.5 Å². The number of nitrogens with one attached hydrogen (secondary N) is 2. The molecule has 0 spiro atoms. The fraction of sp³-hybridized carbons (Fsp3) is 0.167. The summed E-state index contributed by atoms with van der Waals surface area (Å²) < 4.78 is 5.29. The van der Waals surface area contributed by atoms with E-state index in [9.17, 15) is 19.7 Å². The second-order valence-electron chi connectivity index (χ2n) is 5.40. The van der Waals surface area contributed by atoms with E-state index in [1.54, 1.807) is 24.3 Å². The van der Waals surface area contributed by atoms with Gasteiger partial charge in [0.1, 0.15) is 5.75 Å². The maximum Gasteiger partial charge on any atom is 0.270 e. The molecular weight excluding hydrogens is 388 g/mol. The number of benzene rings is 2. The second kappa shape index (κ2) is 10.0. The molecule has 2 N–H and O–H groups in total. The standard InChI is InChI=1S/C18H17ClN4O5/c1-2-28-15-6-3-12(4-7-15)18(25)20-11-17(24)22-21-10-13-9-14(23(26)27)5-8-16(13)19/h3-10H,2,11H2,1H3,(H,20,25)(H,22,24)/b21-10-.